The highest BCUT2D eigenvalue weighted by Crippen LogP contribution is 2.40. The summed E-state index contributed by atoms with van der Waals surface area (Å²) >= 11 is 3.41. The Labute approximate surface area is 218 Å². The number of aromatic nitrogens is 3. The summed E-state index contributed by atoms with van der Waals surface area (Å²) in [6.07, 6.45) is 4.34. The fraction of sp³-hybridized carbons (Fsp3) is 0.360. The number of sulfonamides is 1. The van der Waals surface area contributed by atoms with Crippen molar-refractivity contribution in [2.45, 2.75) is 49.7 Å². The zero-order valence-electron chi connectivity index (χ0n) is 20.0. The van der Waals surface area contributed by atoms with Crippen molar-refractivity contribution < 1.29 is 13.2 Å². The summed E-state index contributed by atoms with van der Waals surface area (Å²) in [6.45, 7) is 4.95. The van der Waals surface area contributed by atoms with E-state index in [1.807, 2.05) is 18.2 Å². The number of nitrogens with zero attached hydrogens (tertiary/aromatic N) is 4. The molecule has 5 rings (SSSR count). The van der Waals surface area contributed by atoms with Crippen LogP contribution < -0.4 is 14.9 Å². The Morgan fingerprint density at radius 2 is 1.89 bits per heavy atom. The average Bonchev–Trinajstić information content (AvgIpc) is 3.15. The lowest BCUT2D eigenvalue weighted by atomic mass is 9.91. The average molecular weight is 572 g/mol. The van der Waals surface area contributed by atoms with Crippen LogP contribution in [0.2, 0.25) is 0 Å². The fourth-order valence-electron chi connectivity index (χ4n) is 5.09. The maximum absolute atomic E-state index is 13.3. The van der Waals surface area contributed by atoms with Crippen molar-refractivity contribution in [3.63, 3.8) is 0 Å². The minimum atomic E-state index is -4.23. The summed E-state index contributed by atoms with van der Waals surface area (Å²) in [5.74, 6) is 0.458. The van der Waals surface area contributed by atoms with E-state index in [2.05, 4.69) is 59.7 Å². The third-order valence-corrected chi connectivity index (χ3v) is 8.43. The second-order valence-electron chi connectivity index (χ2n) is 9.82. The van der Waals surface area contributed by atoms with E-state index in [4.69, 9.17) is 0 Å². The standard InChI is InChI=1S/C25H27BrN6O3S/c1-25(2)14-16-9-11-19(18-6-3-4-13-27-18)28-21-7-5-8-22(30-21)36(34,35)31-24(33)17-10-12-20(26)29-23(17)32(25)15-16/h3-8,10,12-13,16,19H,9,11,14-15H2,1-2H3,(H,28,30)(H,31,33)/t16-,19-/m0/s1. The van der Waals surface area contributed by atoms with E-state index >= 15 is 0 Å². The molecule has 5 heterocycles. The van der Waals surface area contributed by atoms with Crippen molar-refractivity contribution in [1.29, 1.82) is 0 Å². The molecule has 0 saturated carbocycles. The minimum Gasteiger partial charge on any atom is -0.362 e. The van der Waals surface area contributed by atoms with Crippen LogP contribution in [0, 0.1) is 5.92 Å². The number of halogens is 1. The predicted octanol–water partition coefficient (Wildman–Crippen LogP) is 4.30. The summed E-state index contributed by atoms with van der Waals surface area (Å²) in [7, 11) is -4.23. The fourth-order valence-corrected chi connectivity index (χ4v) is 6.33. The Hall–Kier alpha value is -3.05. The molecule has 0 radical (unpaired) electrons. The molecule has 3 aromatic rings. The summed E-state index contributed by atoms with van der Waals surface area (Å²) < 4.78 is 29.1. The van der Waals surface area contributed by atoms with E-state index in [0.717, 1.165) is 25.0 Å². The number of hydrogen-bond donors (Lipinski definition) is 2. The Morgan fingerprint density at radius 1 is 1.06 bits per heavy atom. The van der Waals surface area contributed by atoms with Crippen LogP contribution >= 0.6 is 15.9 Å². The van der Waals surface area contributed by atoms with Gasteiger partial charge in [-0.15, -0.1) is 0 Å². The number of anilines is 2. The predicted molar refractivity (Wildman–Crippen MR) is 140 cm³/mol. The van der Waals surface area contributed by atoms with Crippen LogP contribution in [0.3, 0.4) is 0 Å². The van der Waals surface area contributed by atoms with Gasteiger partial charge in [-0.3, -0.25) is 9.78 Å². The Bertz CT molecular complexity index is 1400. The van der Waals surface area contributed by atoms with Crippen LogP contribution in [0.25, 0.3) is 0 Å². The van der Waals surface area contributed by atoms with Gasteiger partial charge in [0.15, 0.2) is 5.03 Å². The molecule has 11 heteroatoms. The molecule has 1 fully saturated rings. The second kappa shape index (κ2) is 9.44. The quantitative estimate of drug-likeness (QED) is 0.416. The lowest BCUT2D eigenvalue weighted by molar-refractivity contribution is 0.0981. The van der Waals surface area contributed by atoms with Gasteiger partial charge in [-0.25, -0.2) is 14.7 Å². The van der Waals surface area contributed by atoms with E-state index < -0.39 is 15.9 Å². The monoisotopic (exact) mass is 570 g/mol. The van der Waals surface area contributed by atoms with Gasteiger partial charge in [0.05, 0.1) is 17.3 Å². The third kappa shape index (κ3) is 4.94. The zero-order valence-corrected chi connectivity index (χ0v) is 22.4. The summed E-state index contributed by atoms with van der Waals surface area (Å²) in [6, 6.07) is 13.5. The summed E-state index contributed by atoms with van der Waals surface area (Å²) in [5, 5.41) is 3.13. The van der Waals surface area contributed by atoms with Gasteiger partial charge in [0.25, 0.3) is 15.9 Å². The van der Waals surface area contributed by atoms with Crippen molar-refractivity contribution in [1.82, 2.24) is 19.7 Å². The van der Waals surface area contributed by atoms with Gasteiger partial charge < -0.3 is 10.2 Å². The molecule has 4 bridgehead atoms. The first kappa shape index (κ1) is 24.6. The Balaban J connectivity index is 1.61. The zero-order chi connectivity index (χ0) is 25.5. The number of amides is 1. The van der Waals surface area contributed by atoms with Gasteiger partial charge in [-0.2, -0.15) is 8.42 Å². The van der Waals surface area contributed by atoms with Crippen LogP contribution in [-0.4, -0.2) is 41.4 Å². The van der Waals surface area contributed by atoms with E-state index in [9.17, 15) is 13.2 Å². The minimum absolute atomic E-state index is 0.159. The molecular formula is C25H27BrN6O3S. The first-order valence-corrected chi connectivity index (χ1v) is 14.1. The van der Waals surface area contributed by atoms with Crippen molar-refractivity contribution in [3.8, 4) is 0 Å². The molecule has 2 N–H and O–H groups in total. The molecule has 36 heavy (non-hydrogen) atoms. The molecule has 188 valence electrons. The normalized spacial score (nSPS) is 23.0. The van der Waals surface area contributed by atoms with Crippen LogP contribution in [0.4, 0.5) is 11.6 Å². The Kier molecular flexibility index (Phi) is 6.46. The Morgan fingerprint density at radius 3 is 2.67 bits per heavy atom. The van der Waals surface area contributed by atoms with Gasteiger partial charge >= 0.3 is 0 Å². The first-order valence-electron chi connectivity index (χ1n) is 11.8. The highest BCUT2D eigenvalue weighted by atomic mass is 79.9. The van der Waals surface area contributed by atoms with Crippen molar-refractivity contribution >= 4 is 43.5 Å². The lowest BCUT2D eigenvalue weighted by Gasteiger charge is -2.33. The van der Waals surface area contributed by atoms with Crippen molar-refractivity contribution in [2.24, 2.45) is 5.92 Å². The van der Waals surface area contributed by atoms with Gasteiger partial charge in [0.2, 0.25) is 0 Å². The topological polar surface area (TPSA) is 117 Å². The van der Waals surface area contributed by atoms with Crippen LogP contribution in [-0.2, 0) is 10.0 Å². The molecule has 2 atom stereocenters. The molecular weight excluding hydrogens is 544 g/mol. The van der Waals surface area contributed by atoms with Gasteiger partial charge in [-0.05, 0) is 91.4 Å². The second-order valence-corrected chi connectivity index (χ2v) is 12.3. The molecule has 0 aromatic carbocycles. The number of carbonyl (C=O) groups excluding carboxylic acids is 1. The SMILES string of the molecule is CC1(C)C[C@@H]2CC[C@@H](c3ccccn3)Nc3cccc(n3)S(=O)(=O)NC(=O)c3ccc(Br)nc3N1C2. The molecule has 1 amide bonds. The van der Waals surface area contributed by atoms with Gasteiger partial charge in [0.1, 0.15) is 16.2 Å². The molecule has 0 spiro atoms. The molecule has 2 aliphatic rings. The molecule has 2 aliphatic heterocycles. The number of fused-ring (bicyclic) bond motifs is 6. The number of rotatable bonds is 1. The highest BCUT2D eigenvalue weighted by molar-refractivity contribution is 9.10. The number of nitrogens with one attached hydrogen (secondary N) is 2. The maximum atomic E-state index is 13.3. The van der Waals surface area contributed by atoms with Crippen LogP contribution in [0.15, 0.2) is 64.4 Å². The van der Waals surface area contributed by atoms with E-state index in [1.54, 1.807) is 30.5 Å². The molecule has 0 aliphatic carbocycles. The van der Waals surface area contributed by atoms with Gasteiger partial charge in [-0.1, -0.05) is 12.1 Å². The van der Waals surface area contributed by atoms with Crippen molar-refractivity contribution in [2.75, 3.05) is 16.8 Å². The van der Waals surface area contributed by atoms with E-state index in [1.165, 1.54) is 6.07 Å². The van der Waals surface area contributed by atoms with Crippen molar-refractivity contribution in [3.05, 3.63) is 70.6 Å². The lowest BCUT2D eigenvalue weighted by Crippen LogP contribution is -2.41. The maximum Gasteiger partial charge on any atom is 0.281 e. The first-order chi connectivity index (χ1) is 17.1. The smallest absolute Gasteiger partial charge is 0.281 e. The summed E-state index contributed by atoms with van der Waals surface area (Å²) in [5.41, 5.74) is 0.782. The van der Waals surface area contributed by atoms with E-state index in [0.29, 0.717) is 28.7 Å². The molecule has 0 unspecified atom stereocenters. The third-order valence-electron chi connectivity index (χ3n) is 6.76. The number of carbonyl (C=O) groups is 1. The number of pyridine rings is 3. The van der Waals surface area contributed by atoms with E-state index in [-0.39, 0.29) is 22.2 Å². The molecule has 3 aromatic heterocycles. The molecule has 9 nitrogen and oxygen atoms in total. The van der Waals surface area contributed by atoms with Gasteiger partial charge in [0, 0.05) is 18.3 Å². The van der Waals surface area contributed by atoms with Crippen LogP contribution in [0.5, 0.6) is 0 Å². The highest BCUT2D eigenvalue weighted by Gasteiger charge is 2.41. The largest absolute Gasteiger partial charge is 0.362 e. The van der Waals surface area contributed by atoms with Crippen LogP contribution in [0.1, 0.15) is 55.2 Å². The summed E-state index contributed by atoms with van der Waals surface area (Å²) in [4.78, 5) is 28.8. The number of hydrogen-bond acceptors (Lipinski definition) is 8. The molecule has 1 saturated heterocycles.